The normalized spacial score (nSPS) is 13.6. The summed E-state index contributed by atoms with van der Waals surface area (Å²) in [6, 6.07) is 19.1. The van der Waals surface area contributed by atoms with Crippen LogP contribution in [0.3, 0.4) is 0 Å². The van der Waals surface area contributed by atoms with Gasteiger partial charge in [0.1, 0.15) is 0 Å². The molecule has 0 saturated heterocycles. The molecule has 3 aromatic rings. The van der Waals surface area contributed by atoms with Crippen molar-refractivity contribution < 1.29 is 13.2 Å². The van der Waals surface area contributed by atoms with Crippen LogP contribution >= 0.6 is 11.6 Å². The molecule has 1 aliphatic rings. The van der Waals surface area contributed by atoms with Crippen LogP contribution in [0.4, 0.5) is 11.4 Å². The molecule has 31 heavy (non-hydrogen) atoms. The zero-order chi connectivity index (χ0) is 22.2. The van der Waals surface area contributed by atoms with E-state index in [4.69, 9.17) is 11.6 Å². The van der Waals surface area contributed by atoms with Crippen molar-refractivity contribution in [1.29, 1.82) is 0 Å². The zero-order valence-electron chi connectivity index (χ0n) is 17.4. The van der Waals surface area contributed by atoms with Crippen LogP contribution in [0, 0.1) is 0 Å². The maximum atomic E-state index is 12.5. The van der Waals surface area contributed by atoms with Gasteiger partial charge in [-0.15, -0.1) is 0 Å². The Morgan fingerprint density at radius 1 is 0.968 bits per heavy atom. The molecule has 0 fully saturated rings. The number of rotatable bonds is 3. The zero-order valence-corrected chi connectivity index (χ0v) is 18.9. The van der Waals surface area contributed by atoms with Crippen LogP contribution in [-0.4, -0.2) is 20.6 Å². The number of fused-ring (bicyclic) bond motifs is 2. The Balaban J connectivity index is 1.78. The third kappa shape index (κ3) is 4.75. The van der Waals surface area contributed by atoms with Crippen molar-refractivity contribution in [1.82, 2.24) is 0 Å². The molecule has 160 valence electrons. The third-order valence-corrected chi connectivity index (χ3v) is 6.27. The second-order valence-corrected chi connectivity index (χ2v) is 9.97. The topological polar surface area (TPSA) is 66.5 Å². The summed E-state index contributed by atoms with van der Waals surface area (Å²) >= 11 is 6.20. The van der Waals surface area contributed by atoms with Gasteiger partial charge < -0.3 is 4.90 Å². The molecular formula is C24H23ClN2O3S. The van der Waals surface area contributed by atoms with Crippen molar-refractivity contribution in [3.8, 4) is 11.1 Å². The van der Waals surface area contributed by atoms with Gasteiger partial charge in [0.05, 0.1) is 18.5 Å². The second-order valence-electron chi connectivity index (χ2n) is 7.78. The van der Waals surface area contributed by atoms with E-state index in [9.17, 15) is 13.2 Å². The molecular weight excluding hydrogens is 432 g/mol. The van der Waals surface area contributed by atoms with E-state index in [0.29, 0.717) is 17.3 Å². The minimum absolute atomic E-state index is 0.0408. The van der Waals surface area contributed by atoms with Gasteiger partial charge in [0, 0.05) is 23.2 Å². The molecule has 4 rings (SSSR count). The molecule has 1 aliphatic heterocycles. The molecule has 0 unspecified atom stereocenters. The molecule has 7 heteroatoms. The molecule has 0 aliphatic carbocycles. The van der Waals surface area contributed by atoms with Crippen LogP contribution < -0.4 is 9.62 Å². The fourth-order valence-electron chi connectivity index (χ4n) is 4.03. The van der Waals surface area contributed by atoms with Gasteiger partial charge in [0.15, 0.2) is 0 Å². The van der Waals surface area contributed by atoms with E-state index >= 15 is 0 Å². The molecule has 0 radical (unpaired) electrons. The first-order valence-electron chi connectivity index (χ1n) is 9.97. The van der Waals surface area contributed by atoms with Crippen molar-refractivity contribution in [2.75, 3.05) is 15.9 Å². The monoisotopic (exact) mass is 454 g/mol. The van der Waals surface area contributed by atoms with E-state index in [-0.39, 0.29) is 5.91 Å². The lowest BCUT2D eigenvalue weighted by Gasteiger charge is -2.28. The van der Waals surface area contributed by atoms with Crippen molar-refractivity contribution in [2.24, 2.45) is 0 Å². The fourth-order valence-corrected chi connectivity index (χ4v) is 4.80. The summed E-state index contributed by atoms with van der Waals surface area (Å²) in [6.45, 7) is 2.00. The first kappa shape index (κ1) is 21.4. The lowest BCUT2D eigenvalue weighted by molar-refractivity contribution is -0.116. The average molecular weight is 455 g/mol. The summed E-state index contributed by atoms with van der Waals surface area (Å²) in [4.78, 5) is 14.3. The number of nitrogens with one attached hydrogen (secondary N) is 1. The molecule has 1 N–H and O–H groups in total. The second kappa shape index (κ2) is 8.36. The van der Waals surface area contributed by atoms with Crippen LogP contribution in [-0.2, 0) is 34.2 Å². The summed E-state index contributed by atoms with van der Waals surface area (Å²) in [6.07, 6.45) is 2.74. The summed E-state index contributed by atoms with van der Waals surface area (Å²) < 4.78 is 26.2. The Labute approximate surface area is 187 Å². The van der Waals surface area contributed by atoms with Crippen molar-refractivity contribution >= 4 is 38.9 Å². The van der Waals surface area contributed by atoms with Gasteiger partial charge in [-0.05, 0) is 65.4 Å². The first-order chi connectivity index (χ1) is 14.7. The van der Waals surface area contributed by atoms with Crippen LogP contribution in [0.25, 0.3) is 11.1 Å². The summed E-state index contributed by atoms with van der Waals surface area (Å²) in [7, 11) is -3.41. The van der Waals surface area contributed by atoms with Crippen LogP contribution in [0.2, 0.25) is 5.02 Å². The van der Waals surface area contributed by atoms with E-state index in [1.165, 1.54) is 0 Å². The maximum absolute atomic E-state index is 12.5. The molecule has 0 spiro atoms. The highest BCUT2D eigenvalue weighted by molar-refractivity contribution is 7.92. The fraction of sp³-hybridized carbons (Fsp3) is 0.208. The number of para-hydroxylation sites is 1. The molecule has 1 heterocycles. The minimum atomic E-state index is -3.41. The number of nitrogens with zero attached hydrogens (tertiary/aromatic N) is 1. The largest absolute Gasteiger partial charge is 0.308 e. The number of hydrogen-bond donors (Lipinski definition) is 1. The van der Waals surface area contributed by atoms with Crippen LogP contribution in [0.1, 0.15) is 23.6 Å². The first-order valence-corrected chi connectivity index (χ1v) is 12.2. The Kier molecular flexibility index (Phi) is 5.77. The smallest absolute Gasteiger partial charge is 0.229 e. The lowest BCUT2D eigenvalue weighted by Crippen LogP contribution is -2.30. The van der Waals surface area contributed by atoms with Gasteiger partial charge in [-0.1, -0.05) is 41.9 Å². The molecule has 0 saturated carbocycles. The van der Waals surface area contributed by atoms with Crippen molar-refractivity contribution in [2.45, 2.75) is 26.3 Å². The Morgan fingerprint density at radius 2 is 1.71 bits per heavy atom. The predicted molar refractivity (Wildman–Crippen MR) is 126 cm³/mol. The molecule has 5 nitrogen and oxygen atoms in total. The maximum Gasteiger partial charge on any atom is 0.229 e. The summed E-state index contributed by atoms with van der Waals surface area (Å²) in [5.41, 5.74) is 6.35. The summed E-state index contributed by atoms with van der Waals surface area (Å²) in [5.74, 6) is -0.0408. The van der Waals surface area contributed by atoms with Gasteiger partial charge in [-0.25, -0.2) is 8.42 Å². The van der Waals surface area contributed by atoms with Gasteiger partial charge in [0.2, 0.25) is 15.9 Å². The predicted octanol–water partition coefficient (Wildman–Crippen LogP) is 5.03. The molecule has 0 bridgehead atoms. The van der Waals surface area contributed by atoms with Crippen LogP contribution in [0.5, 0.6) is 0 Å². The lowest BCUT2D eigenvalue weighted by atomic mass is 9.92. The van der Waals surface area contributed by atoms with E-state index in [1.807, 2.05) is 36.4 Å². The third-order valence-electron chi connectivity index (χ3n) is 5.44. The number of anilines is 2. The van der Waals surface area contributed by atoms with E-state index in [2.05, 4.69) is 16.9 Å². The Bertz CT molecular complexity index is 1270. The molecule has 0 aromatic heterocycles. The molecule has 3 aromatic carbocycles. The SMILES string of the molecule is CC(=O)N1Cc2cc(-c3ccccc3NS(C)(=O)=O)ccc2CCc2cc(Cl)ccc21. The molecule has 0 atom stereocenters. The van der Waals surface area contributed by atoms with E-state index in [1.54, 1.807) is 24.0 Å². The van der Waals surface area contributed by atoms with Gasteiger partial charge >= 0.3 is 0 Å². The number of carbonyl (C=O) groups is 1. The number of amides is 1. The number of hydrogen-bond acceptors (Lipinski definition) is 3. The number of benzene rings is 3. The number of halogens is 1. The highest BCUT2D eigenvalue weighted by Gasteiger charge is 2.21. The number of aryl methyl sites for hydroxylation is 2. The Hall–Kier alpha value is -2.83. The van der Waals surface area contributed by atoms with Crippen LogP contribution in [0.15, 0.2) is 60.7 Å². The van der Waals surface area contributed by atoms with E-state index < -0.39 is 10.0 Å². The Morgan fingerprint density at radius 3 is 2.45 bits per heavy atom. The van der Waals surface area contributed by atoms with Gasteiger partial charge in [-0.2, -0.15) is 0 Å². The minimum Gasteiger partial charge on any atom is -0.308 e. The number of carbonyl (C=O) groups excluding carboxylic acids is 1. The van der Waals surface area contributed by atoms with Crippen molar-refractivity contribution in [3.05, 3.63) is 82.4 Å². The number of sulfonamides is 1. The van der Waals surface area contributed by atoms with E-state index in [0.717, 1.165) is 52.6 Å². The average Bonchev–Trinajstić information content (AvgIpc) is 2.69. The van der Waals surface area contributed by atoms with Gasteiger partial charge in [-0.3, -0.25) is 9.52 Å². The van der Waals surface area contributed by atoms with Gasteiger partial charge in [0.25, 0.3) is 0 Å². The quantitative estimate of drug-likeness (QED) is 0.603. The highest BCUT2D eigenvalue weighted by Crippen LogP contribution is 2.34. The molecule has 1 amide bonds. The highest BCUT2D eigenvalue weighted by atomic mass is 35.5. The van der Waals surface area contributed by atoms with Crippen molar-refractivity contribution in [3.63, 3.8) is 0 Å². The summed E-state index contributed by atoms with van der Waals surface area (Å²) in [5, 5.41) is 0.661. The standard InChI is InChI=1S/C24H23ClN2O3S/c1-16(28)27-15-20-13-18(22-5-3-4-6-23(22)26-31(2,29)30)9-7-17(20)8-10-19-14-21(25)11-12-24(19)27/h3-7,9,11-14,26H,8,10,15H2,1-2H3.